The lowest BCUT2D eigenvalue weighted by Gasteiger charge is -2.52. The third kappa shape index (κ3) is 2.74. The van der Waals surface area contributed by atoms with E-state index in [9.17, 15) is 9.90 Å². The highest BCUT2D eigenvalue weighted by Gasteiger charge is 2.50. The Morgan fingerprint density at radius 2 is 2.04 bits per heavy atom. The molecule has 6 nitrogen and oxygen atoms in total. The van der Waals surface area contributed by atoms with Crippen LogP contribution in [0.2, 0.25) is 0 Å². The minimum atomic E-state index is -0.863. The molecule has 2 N–H and O–H groups in total. The van der Waals surface area contributed by atoms with Crippen LogP contribution < -0.4 is 0 Å². The van der Waals surface area contributed by atoms with Crippen LogP contribution in [0.15, 0.2) is 30.3 Å². The average Bonchev–Trinajstić information content (AvgIpc) is 3.09. The third-order valence-corrected chi connectivity index (χ3v) is 5.80. The number of aromatic nitrogens is 3. The van der Waals surface area contributed by atoms with Crippen LogP contribution in [-0.2, 0) is 5.60 Å². The Morgan fingerprint density at radius 1 is 1.28 bits per heavy atom. The first-order chi connectivity index (χ1) is 12.1. The summed E-state index contributed by atoms with van der Waals surface area (Å²) in [5.41, 5.74) is 0.102. The molecule has 1 aliphatic carbocycles. The zero-order chi connectivity index (χ0) is 17.4. The van der Waals surface area contributed by atoms with E-state index in [1.165, 1.54) is 0 Å². The molecule has 1 saturated carbocycles. The molecular formula is C19H24N4O2. The standard InChI is InChI=1S/C19H24N4O2/c1-13-20-17(22-21-13)18(24)23-12-11-19(25,14-7-3-2-4-8-14)15-9-5-6-10-16(15)23/h2-4,7-8,15-16,25H,5-6,9-12H2,1H3,(H,20,21,22)/t15-,16+,19-/m0/s1. The molecule has 132 valence electrons. The van der Waals surface area contributed by atoms with Gasteiger partial charge >= 0.3 is 0 Å². The molecule has 1 aromatic carbocycles. The lowest BCUT2D eigenvalue weighted by Crippen LogP contribution is -2.59. The van der Waals surface area contributed by atoms with Crippen molar-refractivity contribution in [2.75, 3.05) is 6.54 Å². The number of aryl methyl sites for hydroxylation is 1. The summed E-state index contributed by atoms with van der Waals surface area (Å²) < 4.78 is 0. The van der Waals surface area contributed by atoms with Gasteiger partial charge in [0.1, 0.15) is 5.82 Å². The van der Waals surface area contributed by atoms with Crippen LogP contribution in [0.1, 0.15) is 54.1 Å². The largest absolute Gasteiger partial charge is 0.385 e. The fourth-order valence-electron chi connectivity index (χ4n) is 4.59. The van der Waals surface area contributed by atoms with Crippen molar-refractivity contribution in [2.45, 2.75) is 50.7 Å². The second kappa shape index (κ2) is 6.26. The van der Waals surface area contributed by atoms with Gasteiger partial charge in [-0.2, -0.15) is 0 Å². The zero-order valence-corrected chi connectivity index (χ0v) is 14.5. The van der Waals surface area contributed by atoms with Crippen molar-refractivity contribution in [2.24, 2.45) is 5.92 Å². The smallest absolute Gasteiger partial charge is 0.293 e. The van der Waals surface area contributed by atoms with Gasteiger partial charge in [0.15, 0.2) is 0 Å². The van der Waals surface area contributed by atoms with E-state index in [4.69, 9.17) is 0 Å². The topological polar surface area (TPSA) is 82.1 Å². The number of H-pyrrole nitrogens is 1. The Hall–Kier alpha value is -2.21. The van der Waals surface area contributed by atoms with Crippen LogP contribution in [-0.4, -0.2) is 43.7 Å². The van der Waals surface area contributed by atoms with Gasteiger partial charge in [-0.1, -0.05) is 43.2 Å². The van der Waals surface area contributed by atoms with Crippen molar-refractivity contribution >= 4 is 5.91 Å². The number of rotatable bonds is 2. The highest BCUT2D eigenvalue weighted by atomic mass is 16.3. The van der Waals surface area contributed by atoms with Crippen LogP contribution in [0.4, 0.5) is 0 Å². The first-order valence-corrected chi connectivity index (χ1v) is 9.07. The SMILES string of the molecule is Cc1nc(C(=O)N2CC[C@](O)(c3ccccc3)[C@H]3CCCC[C@H]32)n[nH]1. The number of aromatic amines is 1. The normalized spacial score (nSPS) is 29.3. The second-order valence-electron chi connectivity index (χ2n) is 7.24. The fraction of sp³-hybridized carbons (Fsp3) is 0.526. The number of hydrogen-bond acceptors (Lipinski definition) is 4. The van der Waals surface area contributed by atoms with Crippen LogP contribution in [0.5, 0.6) is 0 Å². The summed E-state index contributed by atoms with van der Waals surface area (Å²) >= 11 is 0. The number of piperidine rings is 1. The summed E-state index contributed by atoms with van der Waals surface area (Å²) in [4.78, 5) is 19.0. The van der Waals surface area contributed by atoms with Gasteiger partial charge in [-0.15, -0.1) is 5.10 Å². The number of nitrogens with zero attached hydrogens (tertiary/aromatic N) is 3. The number of fused-ring (bicyclic) bond motifs is 1. The molecule has 2 aliphatic rings. The van der Waals surface area contributed by atoms with E-state index in [1.54, 1.807) is 6.92 Å². The minimum Gasteiger partial charge on any atom is -0.385 e. The summed E-state index contributed by atoms with van der Waals surface area (Å²) in [5, 5.41) is 18.3. The zero-order valence-electron chi connectivity index (χ0n) is 14.5. The Balaban J connectivity index is 1.65. The first-order valence-electron chi connectivity index (χ1n) is 9.07. The lowest BCUT2D eigenvalue weighted by molar-refractivity contribution is -0.110. The number of hydrogen-bond donors (Lipinski definition) is 2. The van der Waals surface area contributed by atoms with Crippen LogP contribution in [0.3, 0.4) is 0 Å². The van der Waals surface area contributed by atoms with Gasteiger partial charge < -0.3 is 10.0 Å². The molecule has 1 aliphatic heterocycles. The fourth-order valence-corrected chi connectivity index (χ4v) is 4.59. The van der Waals surface area contributed by atoms with Gasteiger partial charge in [-0.05, 0) is 31.7 Å². The third-order valence-electron chi connectivity index (χ3n) is 5.80. The van der Waals surface area contributed by atoms with Gasteiger partial charge in [-0.3, -0.25) is 9.89 Å². The number of nitrogens with one attached hydrogen (secondary N) is 1. The molecule has 6 heteroatoms. The first kappa shape index (κ1) is 16.3. The number of carbonyl (C=O) groups is 1. The molecule has 25 heavy (non-hydrogen) atoms. The van der Waals surface area contributed by atoms with Crippen molar-refractivity contribution < 1.29 is 9.90 Å². The van der Waals surface area contributed by atoms with E-state index in [-0.39, 0.29) is 23.7 Å². The number of carbonyl (C=O) groups excluding carboxylic acids is 1. The molecule has 1 saturated heterocycles. The van der Waals surface area contributed by atoms with Crippen molar-refractivity contribution in [1.82, 2.24) is 20.1 Å². The monoisotopic (exact) mass is 340 g/mol. The Kier molecular flexibility index (Phi) is 4.07. The summed E-state index contributed by atoms with van der Waals surface area (Å²) in [6.07, 6.45) is 4.59. The quantitative estimate of drug-likeness (QED) is 0.879. The summed E-state index contributed by atoms with van der Waals surface area (Å²) in [5.74, 6) is 0.797. The number of aliphatic hydroxyl groups is 1. The van der Waals surface area contributed by atoms with E-state index in [0.717, 1.165) is 31.2 Å². The predicted molar refractivity (Wildman–Crippen MR) is 92.9 cm³/mol. The van der Waals surface area contributed by atoms with Gasteiger partial charge in [0, 0.05) is 18.5 Å². The molecule has 1 amide bonds. The van der Waals surface area contributed by atoms with E-state index in [0.29, 0.717) is 18.8 Å². The highest BCUT2D eigenvalue weighted by Crippen LogP contribution is 2.47. The van der Waals surface area contributed by atoms with Gasteiger partial charge in [0.05, 0.1) is 5.60 Å². The van der Waals surface area contributed by atoms with E-state index in [1.807, 2.05) is 35.2 Å². The summed E-state index contributed by atoms with van der Waals surface area (Å²) in [6.45, 7) is 2.32. The van der Waals surface area contributed by atoms with Crippen LogP contribution in [0, 0.1) is 12.8 Å². The van der Waals surface area contributed by atoms with Crippen molar-refractivity contribution in [3.8, 4) is 0 Å². The van der Waals surface area contributed by atoms with Crippen LogP contribution in [0.25, 0.3) is 0 Å². The summed E-state index contributed by atoms with van der Waals surface area (Å²) in [7, 11) is 0. The molecule has 0 spiro atoms. The molecule has 0 radical (unpaired) electrons. The van der Waals surface area contributed by atoms with E-state index in [2.05, 4.69) is 15.2 Å². The van der Waals surface area contributed by atoms with Crippen molar-refractivity contribution in [3.05, 3.63) is 47.5 Å². The maximum absolute atomic E-state index is 12.9. The molecule has 2 aromatic rings. The number of likely N-dealkylation sites (tertiary alicyclic amines) is 1. The molecule has 0 bridgehead atoms. The Bertz CT molecular complexity index is 760. The van der Waals surface area contributed by atoms with Crippen LogP contribution >= 0.6 is 0 Å². The predicted octanol–water partition coefficient (Wildman–Crippen LogP) is 2.41. The highest BCUT2D eigenvalue weighted by molar-refractivity contribution is 5.90. The van der Waals surface area contributed by atoms with Gasteiger partial charge in [0.25, 0.3) is 5.91 Å². The Labute approximate surface area is 147 Å². The molecule has 0 unspecified atom stereocenters. The lowest BCUT2D eigenvalue weighted by atomic mass is 9.66. The van der Waals surface area contributed by atoms with E-state index >= 15 is 0 Å². The minimum absolute atomic E-state index is 0.0408. The maximum atomic E-state index is 12.9. The molecule has 1 aromatic heterocycles. The number of amides is 1. The average molecular weight is 340 g/mol. The molecular weight excluding hydrogens is 316 g/mol. The Morgan fingerprint density at radius 3 is 2.76 bits per heavy atom. The van der Waals surface area contributed by atoms with Gasteiger partial charge in [0.2, 0.25) is 5.82 Å². The molecule has 4 rings (SSSR count). The van der Waals surface area contributed by atoms with E-state index < -0.39 is 5.60 Å². The van der Waals surface area contributed by atoms with Crippen molar-refractivity contribution in [1.29, 1.82) is 0 Å². The van der Waals surface area contributed by atoms with Crippen molar-refractivity contribution in [3.63, 3.8) is 0 Å². The molecule has 2 heterocycles. The molecule has 3 atom stereocenters. The number of benzene rings is 1. The second-order valence-corrected chi connectivity index (χ2v) is 7.24. The molecule has 2 fully saturated rings. The summed E-state index contributed by atoms with van der Waals surface area (Å²) in [6, 6.07) is 9.95. The maximum Gasteiger partial charge on any atom is 0.293 e. The van der Waals surface area contributed by atoms with Gasteiger partial charge in [-0.25, -0.2) is 4.98 Å².